The first kappa shape index (κ1) is 14.7. The topological polar surface area (TPSA) is 79.2 Å². The molecule has 0 aliphatic rings. The van der Waals surface area contributed by atoms with Crippen LogP contribution >= 0.6 is 11.3 Å². The van der Waals surface area contributed by atoms with Crippen LogP contribution in [0.2, 0.25) is 0 Å². The molecule has 0 radical (unpaired) electrons. The fourth-order valence-corrected chi connectivity index (χ4v) is 2.73. The Labute approximate surface area is 121 Å². The number of benzene rings is 1. The van der Waals surface area contributed by atoms with E-state index in [2.05, 4.69) is 9.76 Å². The molecule has 0 bridgehead atoms. The first-order valence-corrected chi connectivity index (χ1v) is 8.39. The van der Waals surface area contributed by atoms with Gasteiger partial charge in [-0.25, -0.2) is 5.48 Å². The second kappa shape index (κ2) is 5.74. The molecule has 2 aromatic rings. The number of aryl methyl sites for hydroxylation is 1. The van der Waals surface area contributed by atoms with Gasteiger partial charge in [-0.05, 0) is 24.6 Å². The van der Waals surface area contributed by atoms with Crippen LogP contribution in [0.3, 0.4) is 0 Å². The van der Waals surface area contributed by atoms with E-state index in [-0.39, 0.29) is 0 Å². The third kappa shape index (κ3) is 3.66. The van der Waals surface area contributed by atoms with Crippen molar-refractivity contribution < 1.29 is 12.7 Å². The zero-order valence-corrected chi connectivity index (χ0v) is 12.6. The van der Waals surface area contributed by atoms with Crippen LogP contribution < -0.4 is 5.48 Å². The summed E-state index contributed by atoms with van der Waals surface area (Å²) in [6.45, 7) is 1.95. The third-order valence-electron chi connectivity index (χ3n) is 2.56. The predicted molar refractivity (Wildman–Crippen MR) is 81.0 cm³/mol. The number of anilines is 1. The molecule has 0 aliphatic carbocycles. The van der Waals surface area contributed by atoms with E-state index in [9.17, 15) is 8.42 Å². The Hall–Kier alpha value is -1.70. The molecule has 5 nitrogen and oxygen atoms in total. The van der Waals surface area contributed by atoms with Crippen LogP contribution in [-0.2, 0) is 14.4 Å². The van der Waals surface area contributed by atoms with Crippen molar-refractivity contribution in [3.8, 4) is 0 Å². The molecule has 20 heavy (non-hydrogen) atoms. The van der Waals surface area contributed by atoms with Crippen molar-refractivity contribution in [2.45, 2.75) is 6.92 Å². The summed E-state index contributed by atoms with van der Waals surface area (Å²) in [5.74, 6) is 0. The van der Waals surface area contributed by atoms with Crippen LogP contribution in [0.5, 0.6) is 0 Å². The van der Waals surface area contributed by atoms with Crippen LogP contribution in [0.4, 0.5) is 5.00 Å². The van der Waals surface area contributed by atoms with E-state index < -0.39 is 10.1 Å². The molecule has 7 heteroatoms. The molecule has 0 saturated heterocycles. The lowest BCUT2D eigenvalue weighted by atomic mass is 10.0. The van der Waals surface area contributed by atoms with Gasteiger partial charge in [0.25, 0.3) is 10.1 Å². The first-order chi connectivity index (χ1) is 9.37. The molecule has 0 atom stereocenters. The molecule has 0 unspecified atom stereocenters. The van der Waals surface area contributed by atoms with Gasteiger partial charge < -0.3 is 0 Å². The molecule has 0 fully saturated rings. The van der Waals surface area contributed by atoms with E-state index in [0.29, 0.717) is 10.7 Å². The molecular formula is C13H14N2O3S2. The molecule has 0 aliphatic heterocycles. The van der Waals surface area contributed by atoms with Gasteiger partial charge in [0, 0.05) is 5.56 Å². The van der Waals surface area contributed by atoms with Gasteiger partial charge in [0.05, 0.1) is 16.8 Å². The van der Waals surface area contributed by atoms with Crippen molar-refractivity contribution in [2.75, 3.05) is 11.7 Å². The van der Waals surface area contributed by atoms with Gasteiger partial charge in [-0.2, -0.15) is 12.7 Å². The highest BCUT2D eigenvalue weighted by molar-refractivity contribution is 7.86. The van der Waals surface area contributed by atoms with Gasteiger partial charge in [-0.3, -0.25) is 5.41 Å². The predicted octanol–water partition coefficient (Wildman–Crippen LogP) is 2.78. The average molecular weight is 310 g/mol. The minimum Gasteiger partial charge on any atom is -0.299 e. The monoisotopic (exact) mass is 310 g/mol. The van der Waals surface area contributed by atoms with E-state index in [4.69, 9.17) is 5.41 Å². The zero-order valence-electron chi connectivity index (χ0n) is 11.0. The first-order valence-electron chi connectivity index (χ1n) is 5.76. The maximum atomic E-state index is 10.9. The Morgan fingerprint density at radius 1 is 1.25 bits per heavy atom. The van der Waals surface area contributed by atoms with Gasteiger partial charge in [-0.15, -0.1) is 11.3 Å². The van der Waals surface area contributed by atoms with Crippen molar-refractivity contribution in [1.82, 2.24) is 0 Å². The van der Waals surface area contributed by atoms with Crippen molar-refractivity contribution >= 4 is 32.2 Å². The third-order valence-corrected chi connectivity index (χ3v) is 3.95. The van der Waals surface area contributed by atoms with Gasteiger partial charge in [-0.1, -0.05) is 24.3 Å². The normalized spacial score (nSPS) is 11.3. The molecule has 1 aromatic carbocycles. The van der Waals surface area contributed by atoms with E-state index in [1.54, 1.807) is 12.1 Å². The summed E-state index contributed by atoms with van der Waals surface area (Å²) in [4.78, 5) is 0.735. The van der Waals surface area contributed by atoms with Crippen molar-refractivity contribution in [3.63, 3.8) is 0 Å². The second-order valence-corrected chi connectivity index (χ2v) is 6.90. The smallest absolute Gasteiger partial charge is 0.284 e. The fourth-order valence-electron chi connectivity index (χ4n) is 1.63. The number of hydrogen-bond acceptors (Lipinski definition) is 6. The van der Waals surface area contributed by atoms with Crippen molar-refractivity contribution in [1.29, 1.82) is 5.41 Å². The van der Waals surface area contributed by atoms with E-state index >= 15 is 0 Å². The molecule has 1 heterocycles. The minimum absolute atomic E-state index is 0.403. The molecule has 0 amide bonds. The highest BCUT2D eigenvalue weighted by Gasteiger charge is 2.11. The minimum atomic E-state index is -3.55. The summed E-state index contributed by atoms with van der Waals surface area (Å²) in [5.41, 5.74) is 4.64. The molecule has 2 N–H and O–H groups in total. The Bertz CT molecular complexity index is 736. The quantitative estimate of drug-likeness (QED) is 0.657. The van der Waals surface area contributed by atoms with Crippen LogP contribution in [0.15, 0.2) is 36.4 Å². The molecule has 0 spiro atoms. The summed E-state index contributed by atoms with van der Waals surface area (Å²) in [6, 6.07) is 11.1. The van der Waals surface area contributed by atoms with Gasteiger partial charge in [0.2, 0.25) is 0 Å². The standard InChI is InChI=1S/C13H14N2O3S2/c1-9-5-3-4-6-10(9)13(14)11-7-8-12(19-11)15-18-20(2,16)17/h3-8,14-15H,1-2H3. The molecule has 0 saturated carbocycles. The summed E-state index contributed by atoms with van der Waals surface area (Å²) < 4.78 is 26.3. The summed E-state index contributed by atoms with van der Waals surface area (Å²) in [5, 5.41) is 8.73. The number of hydrogen-bond donors (Lipinski definition) is 2. The van der Waals surface area contributed by atoms with Gasteiger partial charge in [0.15, 0.2) is 0 Å². The second-order valence-electron chi connectivity index (χ2n) is 4.24. The fraction of sp³-hybridized carbons (Fsp3) is 0.154. The SMILES string of the molecule is Cc1ccccc1C(=N)c1ccc(NOS(C)(=O)=O)s1. The zero-order chi connectivity index (χ0) is 14.8. The van der Waals surface area contributed by atoms with Crippen LogP contribution in [-0.4, -0.2) is 20.4 Å². The lowest BCUT2D eigenvalue weighted by molar-refractivity contribution is 0.397. The maximum Gasteiger partial charge on any atom is 0.284 e. The van der Waals surface area contributed by atoms with E-state index in [1.807, 2.05) is 31.2 Å². The van der Waals surface area contributed by atoms with Gasteiger partial charge >= 0.3 is 0 Å². The maximum absolute atomic E-state index is 10.9. The van der Waals surface area contributed by atoms with Crippen LogP contribution in [0.1, 0.15) is 16.0 Å². The Morgan fingerprint density at radius 2 is 1.95 bits per heavy atom. The average Bonchev–Trinajstić information content (AvgIpc) is 2.84. The van der Waals surface area contributed by atoms with Crippen LogP contribution in [0.25, 0.3) is 0 Å². The number of rotatable bonds is 5. The summed E-state index contributed by atoms with van der Waals surface area (Å²) in [7, 11) is -3.55. The van der Waals surface area contributed by atoms with Crippen molar-refractivity contribution in [2.24, 2.45) is 0 Å². The Balaban J connectivity index is 2.17. The Morgan fingerprint density at radius 3 is 2.60 bits per heavy atom. The molecular weight excluding hydrogens is 296 g/mol. The largest absolute Gasteiger partial charge is 0.299 e. The Kier molecular flexibility index (Phi) is 4.22. The number of thiophene rings is 1. The van der Waals surface area contributed by atoms with E-state index in [1.165, 1.54) is 11.3 Å². The number of nitrogens with one attached hydrogen (secondary N) is 2. The highest BCUT2D eigenvalue weighted by atomic mass is 32.2. The van der Waals surface area contributed by atoms with Crippen molar-refractivity contribution in [3.05, 3.63) is 52.4 Å². The van der Waals surface area contributed by atoms with Crippen LogP contribution in [0, 0.1) is 12.3 Å². The molecule has 1 aromatic heterocycles. The van der Waals surface area contributed by atoms with E-state index in [0.717, 1.165) is 22.3 Å². The highest BCUT2D eigenvalue weighted by Crippen LogP contribution is 2.25. The lowest BCUT2D eigenvalue weighted by Crippen LogP contribution is -2.07. The molecule has 106 valence electrons. The summed E-state index contributed by atoms with van der Waals surface area (Å²) >= 11 is 1.26. The van der Waals surface area contributed by atoms with Gasteiger partial charge in [0.1, 0.15) is 5.00 Å². The lowest BCUT2D eigenvalue weighted by Gasteiger charge is -2.05. The molecule has 2 rings (SSSR count). The summed E-state index contributed by atoms with van der Waals surface area (Å²) in [6.07, 6.45) is 0.962.